The number of halogens is 3. The molecule has 1 aliphatic rings. The van der Waals surface area contributed by atoms with E-state index < -0.39 is 16.8 Å². The second kappa shape index (κ2) is 3.96. The summed E-state index contributed by atoms with van der Waals surface area (Å²) in [5.41, 5.74) is -0.0284. The molecule has 1 N–H and O–H groups in total. The molecule has 0 aromatic carbocycles. The number of methoxy groups -OCH3 is 1. The number of carbonyl (C=O) groups is 2. The van der Waals surface area contributed by atoms with Crippen molar-refractivity contribution in [2.24, 2.45) is 0 Å². The van der Waals surface area contributed by atoms with E-state index in [0.717, 1.165) is 7.11 Å². The van der Waals surface area contributed by atoms with Crippen LogP contribution >= 0.6 is 34.8 Å². The highest BCUT2D eigenvalue weighted by atomic mass is 35.5. The van der Waals surface area contributed by atoms with Gasteiger partial charge in [-0.1, -0.05) is 34.8 Å². The lowest BCUT2D eigenvalue weighted by Gasteiger charge is -2.17. The number of hydrogen-bond acceptors (Lipinski definition) is 3. The summed E-state index contributed by atoms with van der Waals surface area (Å²) in [6, 6.07) is 0. The lowest BCUT2D eigenvalue weighted by molar-refractivity contribution is -0.143. The fourth-order valence-electron chi connectivity index (χ4n) is 1.13. The number of carbonyl (C=O) groups excluding carboxylic acids is 2. The van der Waals surface area contributed by atoms with Crippen LogP contribution in [-0.4, -0.2) is 23.9 Å². The van der Waals surface area contributed by atoms with Crippen LogP contribution in [0.2, 0.25) is 0 Å². The first-order valence-corrected chi connectivity index (χ1v) is 4.68. The van der Waals surface area contributed by atoms with Gasteiger partial charge in [0.15, 0.2) is 4.87 Å². The van der Waals surface area contributed by atoms with E-state index >= 15 is 0 Å². The van der Waals surface area contributed by atoms with E-state index in [0.29, 0.717) is 0 Å². The predicted molar refractivity (Wildman–Crippen MR) is 52.1 cm³/mol. The molecule has 1 aliphatic heterocycles. The summed E-state index contributed by atoms with van der Waals surface area (Å²) in [6.07, 6.45) is -0.237. The Balaban J connectivity index is 3.14. The van der Waals surface area contributed by atoms with Gasteiger partial charge in [-0.05, 0) is 0 Å². The molecular formula is C7H6Cl3NO3. The van der Waals surface area contributed by atoms with Gasteiger partial charge < -0.3 is 10.1 Å². The third kappa shape index (κ3) is 1.82. The molecule has 1 unspecified atom stereocenters. The zero-order valence-corrected chi connectivity index (χ0v) is 9.33. The Morgan fingerprint density at radius 2 is 2.14 bits per heavy atom. The van der Waals surface area contributed by atoms with Crippen LogP contribution in [-0.2, 0) is 14.3 Å². The lowest BCUT2D eigenvalue weighted by atomic mass is 10.1. The van der Waals surface area contributed by atoms with E-state index in [2.05, 4.69) is 10.1 Å². The average Bonchev–Trinajstić information content (AvgIpc) is 2.41. The van der Waals surface area contributed by atoms with Crippen LogP contribution < -0.4 is 5.32 Å². The van der Waals surface area contributed by atoms with Crippen LogP contribution in [0.25, 0.3) is 0 Å². The maximum absolute atomic E-state index is 11.3. The Kier molecular flexibility index (Phi) is 3.29. The van der Waals surface area contributed by atoms with E-state index in [1.807, 2.05) is 0 Å². The Hall–Kier alpha value is -0.450. The van der Waals surface area contributed by atoms with Crippen molar-refractivity contribution < 1.29 is 14.3 Å². The second-order valence-corrected chi connectivity index (χ2v) is 4.25. The summed E-state index contributed by atoms with van der Waals surface area (Å²) < 4.78 is 4.20. The largest absolute Gasteiger partial charge is 0.467 e. The SMILES string of the molecule is COC(=O)C1(Cl)CC(=O)NC1=C(Cl)Cl. The Morgan fingerprint density at radius 3 is 2.57 bits per heavy atom. The van der Waals surface area contributed by atoms with Crippen molar-refractivity contribution >= 4 is 46.7 Å². The molecular weight excluding hydrogens is 252 g/mol. The minimum absolute atomic E-state index is 0.0284. The second-order valence-electron chi connectivity index (χ2n) is 2.65. The van der Waals surface area contributed by atoms with Crippen LogP contribution in [0.15, 0.2) is 10.2 Å². The number of rotatable bonds is 1. The molecule has 1 saturated heterocycles. The Bertz CT molecular complexity index is 324. The van der Waals surface area contributed by atoms with Crippen molar-refractivity contribution in [3.05, 3.63) is 10.2 Å². The van der Waals surface area contributed by atoms with Gasteiger partial charge in [-0.25, -0.2) is 4.79 Å². The summed E-state index contributed by atoms with van der Waals surface area (Å²) >= 11 is 16.8. The molecule has 7 heteroatoms. The van der Waals surface area contributed by atoms with Crippen LogP contribution in [0.5, 0.6) is 0 Å². The molecule has 0 spiro atoms. The first-order valence-electron chi connectivity index (χ1n) is 3.54. The fourth-order valence-corrected chi connectivity index (χ4v) is 1.98. The van der Waals surface area contributed by atoms with Gasteiger partial charge >= 0.3 is 5.97 Å². The molecule has 0 aliphatic carbocycles. The molecule has 1 atom stereocenters. The topological polar surface area (TPSA) is 55.4 Å². The highest BCUT2D eigenvalue weighted by molar-refractivity contribution is 6.57. The van der Waals surface area contributed by atoms with Crippen LogP contribution in [0.1, 0.15) is 6.42 Å². The van der Waals surface area contributed by atoms with Crippen molar-refractivity contribution in [2.75, 3.05) is 7.11 Å². The summed E-state index contributed by atoms with van der Waals surface area (Å²) in [6.45, 7) is 0. The molecule has 1 rings (SSSR count). The third-order valence-corrected chi connectivity index (χ3v) is 2.62. The monoisotopic (exact) mass is 257 g/mol. The molecule has 0 radical (unpaired) electrons. The Morgan fingerprint density at radius 1 is 1.57 bits per heavy atom. The number of amides is 1. The van der Waals surface area contributed by atoms with Crippen LogP contribution in [0.4, 0.5) is 0 Å². The number of nitrogens with one attached hydrogen (secondary N) is 1. The van der Waals surface area contributed by atoms with E-state index in [1.165, 1.54) is 0 Å². The van der Waals surface area contributed by atoms with Gasteiger partial charge in [0.2, 0.25) is 5.91 Å². The standard InChI is InChI=1S/C7H6Cl3NO3/c1-14-6(13)7(10)2-3(12)11-4(7)5(8)9/h2H2,1H3,(H,11,12). The number of alkyl halides is 1. The van der Waals surface area contributed by atoms with E-state index in [1.54, 1.807) is 0 Å². The summed E-state index contributed by atoms with van der Waals surface area (Å²) in [4.78, 5) is 20.7. The average molecular weight is 258 g/mol. The molecule has 4 nitrogen and oxygen atoms in total. The van der Waals surface area contributed by atoms with Crippen molar-refractivity contribution in [2.45, 2.75) is 11.3 Å². The van der Waals surface area contributed by atoms with Gasteiger partial charge in [0, 0.05) is 0 Å². The Labute approximate surface area is 95.1 Å². The van der Waals surface area contributed by atoms with E-state index in [-0.39, 0.29) is 16.6 Å². The van der Waals surface area contributed by atoms with Gasteiger partial charge in [-0.3, -0.25) is 4.79 Å². The van der Waals surface area contributed by atoms with Gasteiger partial charge in [0.25, 0.3) is 0 Å². The van der Waals surface area contributed by atoms with Crippen molar-refractivity contribution in [1.29, 1.82) is 0 Å². The molecule has 1 heterocycles. The summed E-state index contributed by atoms with van der Waals surface area (Å²) in [5.74, 6) is -1.20. The molecule has 78 valence electrons. The molecule has 1 amide bonds. The minimum atomic E-state index is -1.62. The summed E-state index contributed by atoms with van der Waals surface area (Å²) in [7, 11) is 1.16. The maximum atomic E-state index is 11.3. The van der Waals surface area contributed by atoms with Crippen LogP contribution in [0, 0.1) is 0 Å². The fraction of sp³-hybridized carbons (Fsp3) is 0.429. The van der Waals surface area contributed by atoms with E-state index in [4.69, 9.17) is 34.8 Å². The number of esters is 1. The van der Waals surface area contributed by atoms with E-state index in [9.17, 15) is 9.59 Å². The molecule has 0 aromatic rings. The predicted octanol–water partition coefficient (Wildman–Crippen LogP) is 1.30. The zero-order chi connectivity index (χ0) is 10.9. The minimum Gasteiger partial charge on any atom is -0.467 e. The first-order chi connectivity index (χ1) is 6.41. The molecule has 14 heavy (non-hydrogen) atoms. The zero-order valence-electron chi connectivity index (χ0n) is 7.07. The normalized spacial score (nSPS) is 26.0. The van der Waals surface area contributed by atoms with Gasteiger partial charge in [-0.15, -0.1) is 0 Å². The van der Waals surface area contributed by atoms with Gasteiger partial charge in [0.1, 0.15) is 4.49 Å². The van der Waals surface area contributed by atoms with Crippen LogP contribution in [0.3, 0.4) is 0 Å². The quantitative estimate of drug-likeness (QED) is 0.570. The number of ether oxygens (including phenoxy) is 1. The molecule has 1 fully saturated rings. The van der Waals surface area contributed by atoms with Crippen molar-refractivity contribution in [3.8, 4) is 0 Å². The molecule has 0 bridgehead atoms. The summed E-state index contributed by atoms with van der Waals surface area (Å²) in [5, 5.41) is 2.30. The van der Waals surface area contributed by atoms with Gasteiger partial charge in [0.05, 0.1) is 19.2 Å². The third-order valence-electron chi connectivity index (χ3n) is 1.76. The molecule has 0 saturated carbocycles. The smallest absolute Gasteiger partial charge is 0.333 e. The lowest BCUT2D eigenvalue weighted by Crippen LogP contribution is -2.34. The van der Waals surface area contributed by atoms with Crippen molar-refractivity contribution in [1.82, 2.24) is 5.32 Å². The number of hydrogen-bond donors (Lipinski definition) is 1. The molecule has 0 aromatic heterocycles. The van der Waals surface area contributed by atoms with Crippen molar-refractivity contribution in [3.63, 3.8) is 0 Å². The van der Waals surface area contributed by atoms with Gasteiger partial charge in [-0.2, -0.15) is 0 Å². The maximum Gasteiger partial charge on any atom is 0.333 e. The highest BCUT2D eigenvalue weighted by Gasteiger charge is 2.50. The first kappa shape index (κ1) is 11.6. The highest BCUT2D eigenvalue weighted by Crippen LogP contribution is 2.37.